The fourth-order valence-corrected chi connectivity index (χ4v) is 5.42. The van der Waals surface area contributed by atoms with Crippen LogP contribution in [-0.2, 0) is 16.6 Å². The van der Waals surface area contributed by atoms with Gasteiger partial charge < -0.3 is 9.67 Å². The Morgan fingerprint density at radius 1 is 1.18 bits per heavy atom. The number of amides is 1. The smallest absolute Gasteiger partial charge is 0.418 e. The van der Waals surface area contributed by atoms with Crippen LogP contribution in [0.3, 0.4) is 0 Å². The number of imidazole rings is 1. The Kier molecular flexibility index (Phi) is 8.04. The number of carboxylic acid groups (broad SMARTS) is 1. The molecule has 0 atom stereocenters. The number of halogens is 1. The highest BCUT2D eigenvalue weighted by Crippen LogP contribution is 2.33. The minimum absolute atomic E-state index is 0.179. The zero-order valence-electron chi connectivity index (χ0n) is 19.4. The van der Waals surface area contributed by atoms with Crippen LogP contribution < -0.4 is 4.72 Å². The van der Waals surface area contributed by atoms with E-state index in [1.807, 2.05) is 18.4 Å². The molecule has 10 heteroatoms. The van der Waals surface area contributed by atoms with Gasteiger partial charge in [0.2, 0.25) is 0 Å². The lowest BCUT2D eigenvalue weighted by atomic mass is 10.0. The van der Waals surface area contributed by atoms with Gasteiger partial charge in [-0.05, 0) is 35.7 Å². The van der Waals surface area contributed by atoms with Crippen LogP contribution in [0.5, 0.6) is 0 Å². The molecule has 1 amide bonds. The maximum atomic E-state index is 15.2. The molecule has 0 bridgehead atoms. The molecule has 7 nitrogen and oxygen atoms in total. The lowest BCUT2D eigenvalue weighted by Crippen LogP contribution is -2.29. The summed E-state index contributed by atoms with van der Waals surface area (Å²) in [5, 5.41) is 8.97. The number of rotatable bonds is 9. The highest BCUT2D eigenvalue weighted by Gasteiger charge is 2.23. The molecule has 2 N–H and O–H groups in total. The molecule has 0 aliphatic heterocycles. The predicted octanol–water partition coefficient (Wildman–Crippen LogP) is 5.57. The summed E-state index contributed by atoms with van der Waals surface area (Å²) in [6.45, 7) is 8.45. The summed E-state index contributed by atoms with van der Waals surface area (Å²) in [7, 11) is -4.36. The summed E-state index contributed by atoms with van der Waals surface area (Å²) in [6, 6.07) is 9.19. The molecule has 1 heterocycles. The number of hydrogen-bond acceptors (Lipinski definition) is 5. The minimum atomic E-state index is -4.36. The van der Waals surface area contributed by atoms with Crippen molar-refractivity contribution >= 4 is 27.9 Å². The number of aromatic nitrogens is 2. The van der Waals surface area contributed by atoms with E-state index in [9.17, 15) is 13.2 Å². The van der Waals surface area contributed by atoms with E-state index >= 15 is 4.39 Å². The third-order valence-corrected chi connectivity index (χ3v) is 7.81. The highest BCUT2D eigenvalue weighted by molar-refractivity contribution is 7.99. The molecular formula is C24H28FN3O4S2. The molecule has 3 rings (SSSR count). The Morgan fingerprint density at radius 2 is 1.91 bits per heavy atom. The first kappa shape index (κ1) is 25.8. The molecule has 2 aromatic carbocycles. The quantitative estimate of drug-likeness (QED) is 0.369. The fraction of sp³-hybridized carbons (Fsp3) is 0.333. The third-order valence-electron chi connectivity index (χ3n) is 5.01. The first-order valence-electron chi connectivity index (χ1n) is 10.8. The number of nitrogens with one attached hydrogen (secondary N) is 1. The average molecular weight is 506 g/mol. The van der Waals surface area contributed by atoms with Crippen molar-refractivity contribution in [2.75, 3.05) is 5.75 Å². The second-order valence-electron chi connectivity index (χ2n) is 8.65. The van der Waals surface area contributed by atoms with Gasteiger partial charge in [0.05, 0.1) is 11.4 Å². The maximum absolute atomic E-state index is 15.2. The summed E-state index contributed by atoms with van der Waals surface area (Å²) in [5.41, 5.74) is 1.01. The molecule has 0 unspecified atom stereocenters. The summed E-state index contributed by atoms with van der Waals surface area (Å²) < 4.78 is 43.9. The number of sulfonamides is 1. The Bertz CT molecular complexity index is 1290. The van der Waals surface area contributed by atoms with E-state index in [-0.39, 0.29) is 22.9 Å². The molecule has 0 aliphatic carbocycles. The number of thioether (sulfide) groups is 1. The van der Waals surface area contributed by atoms with Crippen molar-refractivity contribution in [1.29, 1.82) is 0 Å². The summed E-state index contributed by atoms with van der Waals surface area (Å²) in [6.07, 6.45) is 1.78. The van der Waals surface area contributed by atoms with Crippen LogP contribution in [0.15, 0.2) is 58.6 Å². The van der Waals surface area contributed by atoms with E-state index in [4.69, 9.17) is 5.11 Å². The molecule has 0 aliphatic rings. The van der Waals surface area contributed by atoms with E-state index in [0.29, 0.717) is 17.0 Å². The molecule has 0 radical (unpaired) electrons. The average Bonchev–Trinajstić information content (AvgIpc) is 3.21. The molecular weight excluding hydrogens is 477 g/mol. The second-order valence-corrected chi connectivity index (χ2v) is 11.4. The number of carbonyl (C=O) groups is 1. The number of hydrogen-bond donors (Lipinski definition) is 2. The molecule has 0 saturated carbocycles. The van der Waals surface area contributed by atoms with E-state index < -0.39 is 21.9 Å². The van der Waals surface area contributed by atoms with Gasteiger partial charge in [0, 0.05) is 40.1 Å². The van der Waals surface area contributed by atoms with E-state index in [1.165, 1.54) is 12.1 Å². The Labute approximate surface area is 203 Å². The van der Waals surface area contributed by atoms with Crippen molar-refractivity contribution < 1.29 is 22.7 Å². The van der Waals surface area contributed by atoms with E-state index in [1.54, 1.807) is 53.1 Å². The van der Waals surface area contributed by atoms with Crippen LogP contribution in [0.4, 0.5) is 9.18 Å². The highest BCUT2D eigenvalue weighted by atomic mass is 32.2. The topological polar surface area (TPSA) is 101 Å². The van der Waals surface area contributed by atoms with Crippen molar-refractivity contribution in [1.82, 2.24) is 14.3 Å². The Morgan fingerprint density at radius 3 is 2.53 bits per heavy atom. The third kappa shape index (κ3) is 6.18. The summed E-state index contributed by atoms with van der Waals surface area (Å²) >= 11 is 1.55. The number of nitrogens with zero attached hydrogens (tertiary/aromatic N) is 2. The van der Waals surface area contributed by atoms with Crippen molar-refractivity contribution in [2.24, 2.45) is 5.92 Å². The molecule has 34 heavy (non-hydrogen) atoms. The first-order valence-corrected chi connectivity index (χ1v) is 13.3. The Hall–Kier alpha value is -2.85. The van der Waals surface area contributed by atoms with Crippen LogP contribution in [0.1, 0.15) is 45.0 Å². The van der Waals surface area contributed by atoms with Crippen LogP contribution in [-0.4, -0.2) is 34.9 Å². The fourth-order valence-electron chi connectivity index (χ4n) is 3.47. The standard InChI is InChI=1S/C24H28FN3O4S2/c1-15(2)14-33-19-7-8-22(34(31,32)27-24(29)30)20(12-19)17-5-6-18(21(25)11-17)13-28-10-9-26-23(28)16(3)4/h5-12,15-16,27H,13-14H2,1-4H3,(H,29,30). The normalized spacial score (nSPS) is 11.9. The molecule has 0 spiro atoms. The van der Waals surface area contributed by atoms with Crippen molar-refractivity contribution in [3.63, 3.8) is 0 Å². The van der Waals surface area contributed by atoms with Crippen LogP contribution >= 0.6 is 11.8 Å². The van der Waals surface area contributed by atoms with Gasteiger partial charge in [0.15, 0.2) is 0 Å². The Balaban J connectivity index is 2.03. The summed E-state index contributed by atoms with van der Waals surface area (Å²) in [5.74, 6) is 1.76. The van der Waals surface area contributed by atoms with Crippen LogP contribution in [0, 0.1) is 11.7 Å². The number of benzene rings is 2. The molecule has 0 saturated heterocycles. The van der Waals surface area contributed by atoms with Crippen LogP contribution in [0.2, 0.25) is 0 Å². The molecule has 182 valence electrons. The molecule has 0 fully saturated rings. The van der Waals surface area contributed by atoms with Gasteiger partial charge in [-0.25, -0.2) is 27.3 Å². The summed E-state index contributed by atoms with van der Waals surface area (Å²) in [4.78, 5) is 15.9. The monoisotopic (exact) mass is 505 g/mol. The minimum Gasteiger partial charge on any atom is -0.464 e. The van der Waals surface area contributed by atoms with Crippen molar-refractivity contribution in [3.05, 3.63) is 66.0 Å². The van der Waals surface area contributed by atoms with Gasteiger partial charge in [-0.1, -0.05) is 39.8 Å². The lowest BCUT2D eigenvalue weighted by Gasteiger charge is -2.15. The van der Waals surface area contributed by atoms with Crippen molar-refractivity contribution in [3.8, 4) is 11.1 Å². The zero-order chi connectivity index (χ0) is 25.0. The largest absolute Gasteiger partial charge is 0.464 e. The van der Waals surface area contributed by atoms with Gasteiger partial charge in [-0.3, -0.25) is 0 Å². The van der Waals surface area contributed by atoms with Gasteiger partial charge in [-0.15, -0.1) is 11.8 Å². The zero-order valence-corrected chi connectivity index (χ0v) is 21.1. The first-order chi connectivity index (χ1) is 16.0. The van der Waals surface area contributed by atoms with Gasteiger partial charge in [-0.2, -0.15) is 0 Å². The molecule has 3 aromatic rings. The van der Waals surface area contributed by atoms with E-state index in [2.05, 4.69) is 18.8 Å². The SMILES string of the molecule is CC(C)CSc1ccc(S(=O)(=O)NC(=O)O)c(-c2ccc(Cn3ccnc3C(C)C)c(F)c2)c1. The van der Waals surface area contributed by atoms with Gasteiger partial charge in [0.25, 0.3) is 10.0 Å². The van der Waals surface area contributed by atoms with Gasteiger partial charge in [0.1, 0.15) is 11.6 Å². The lowest BCUT2D eigenvalue weighted by molar-refractivity contribution is 0.201. The molecule has 1 aromatic heterocycles. The van der Waals surface area contributed by atoms with Gasteiger partial charge >= 0.3 is 6.09 Å². The van der Waals surface area contributed by atoms with Crippen molar-refractivity contribution in [2.45, 2.75) is 49.9 Å². The maximum Gasteiger partial charge on any atom is 0.418 e. The predicted molar refractivity (Wildman–Crippen MR) is 131 cm³/mol. The second kappa shape index (κ2) is 10.6. The van der Waals surface area contributed by atoms with Crippen LogP contribution in [0.25, 0.3) is 11.1 Å². The van der Waals surface area contributed by atoms with E-state index in [0.717, 1.165) is 16.5 Å².